The Morgan fingerprint density at radius 3 is 2.72 bits per heavy atom. The van der Waals surface area contributed by atoms with E-state index in [9.17, 15) is 5.11 Å². The molecule has 4 heteroatoms. The van der Waals surface area contributed by atoms with E-state index >= 15 is 0 Å². The maximum atomic E-state index is 9.45. The molecule has 1 aromatic heterocycles. The third-order valence-electron chi connectivity index (χ3n) is 3.17. The van der Waals surface area contributed by atoms with Crippen molar-refractivity contribution < 1.29 is 5.11 Å². The Balaban J connectivity index is 2.34. The van der Waals surface area contributed by atoms with Crippen molar-refractivity contribution in [2.75, 3.05) is 11.9 Å². The fourth-order valence-electron chi connectivity index (χ4n) is 1.96. The zero-order chi connectivity index (χ0) is 13.1. The molecule has 96 valence electrons. The summed E-state index contributed by atoms with van der Waals surface area (Å²) in [5, 5.41) is 12.1. The quantitative estimate of drug-likeness (QED) is 0.912. The monoisotopic (exact) mass is 281 g/mol. The minimum Gasteiger partial charge on any atom is -0.392 e. The summed E-state index contributed by atoms with van der Waals surface area (Å²) in [7, 11) is 2.02. The van der Waals surface area contributed by atoms with E-state index in [-0.39, 0.29) is 12.6 Å². The molecule has 0 aliphatic rings. The number of anilines is 1. The molecule has 1 aromatic carbocycles. The maximum Gasteiger partial charge on any atom is 0.0716 e. The summed E-state index contributed by atoms with van der Waals surface area (Å²) in [5.41, 5.74) is 1.76. The van der Waals surface area contributed by atoms with Crippen molar-refractivity contribution in [2.24, 2.45) is 0 Å². The normalized spacial score (nSPS) is 12.4. The molecule has 1 heterocycles. The van der Waals surface area contributed by atoms with Crippen LogP contribution in [0.25, 0.3) is 0 Å². The van der Waals surface area contributed by atoms with Crippen molar-refractivity contribution in [1.82, 2.24) is 0 Å². The molecule has 0 amide bonds. The van der Waals surface area contributed by atoms with Gasteiger partial charge < -0.3 is 10.0 Å². The summed E-state index contributed by atoms with van der Waals surface area (Å²) in [6, 6.07) is 10.1. The van der Waals surface area contributed by atoms with Gasteiger partial charge in [0.1, 0.15) is 0 Å². The van der Waals surface area contributed by atoms with Gasteiger partial charge in [-0.15, -0.1) is 11.3 Å². The second-order valence-electron chi connectivity index (χ2n) is 4.20. The van der Waals surface area contributed by atoms with Gasteiger partial charge in [0, 0.05) is 28.2 Å². The average Bonchev–Trinajstić information content (AvgIpc) is 2.90. The van der Waals surface area contributed by atoms with Gasteiger partial charge in [-0.2, -0.15) is 0 Å². The molecule has 1 unspecified atom stereocenters. The van der Waals surface area contributed by atoms with Crippen LogP contribution >= 0.6 is 22.9 Å². The molecule has 2 nitrogen and oxygen atoms in total. The largest absolute Gasteiger partial charge is 0.392 e. The highest BCUT2D eigenvalue weighted by Gasteiger charge is 2.17. The number of nitrogens with zero attached hydrogens (tertiary/aromatic N) is 1. The molecule has 1 atom stereocenters. The van der Waals surface area contributed by atoms with Crippen LogP contribution in [0, 0.1) is 0 Å². The van der Waals surface area contributed by atoms with Crippen molar-refractivity contribution in [3.05, 3.63) is 51.2 Å². The van der Waals surface area contributed by atoms with Gasteiger partial charge in [-0.1, -0.05) is 23.7 Å². The van der Waals surface area contributed by atoms with Gasteiger partial charge in [-0.3, -0.25) is 0 Å². The molecule has 0 saturated carbocycles. The molecule has 0 spiro atoms. The molecule has 0 fully saturated rings. The Kier molecular flexibility index (Phi) is 4.27. The zero-order valence-electron chi connectivity index (χ0n) is 10.4. The summed E-state index contributed by atoms with van der Waals surface area (Å²) in [5.74, 6) is 0. The van der Waals surface area contributed by atoms with Gasteiger partial charge in [0.15, 0.2) is 0 Å². The molecule has 2 rings (SSSR count). The Morgan fingerprint density at radius 1 is 1.33 bits per heavy atom. The molecule has 2 aromatic rings. The number of hydrogen-bond donors (Lipinski definition) is 1. The van der Waals surface area contributed by atoms with Crippen LogP contribution in [0.2, 0.25) is 5.02 Å². The molecule has 0 radical (unpaired) electrons. The predicted molar refractivity (Wildman–Crippen MR) is 78.5 cm³/mol. The van der Waals surface area contributed by atoms with Crippen LogP contribution in [-0.2, 0) is 6.61 Å². The molecule has 18 heavy (non-hydrogen) atoms. The molecular weight excluding hydrogens is 266 g/mol. The fourth-order valence-corrected chi connectivity index (χ4v) is 3.02. The van der Waals surface area contributed by atoms with Crippen molar-refractivity contribution in [1.29, 1.82) is 0 Å². The third-order valence-corrected chi connectivity index (χ3v) is 4.56. The third kappa shape index (κ3) is 2.53. The van der Waals surface area contributed by atoms with E-state index in [1.54, 1.807) is 17.4 Å². The fraction of sp³-hybridized carbons (Fsp3) is 0.286. The first-order chi connectivity index (χ1) is 8.65. The van der Waals surface area contributed by atoms with Crippen LogP contribution in [0.15, 0.2) is 35.7 Å². The van der Waals surface area contributed by atoms with Gasteiger partial charge >= 0.3 is 0 Å². The van der Waals surface area contributed by atoms with Gasteiger partial charge in [-0.25, -0.2) is 0 Å². The highest BCUT2D eigenvalue weighted by Crippen LogP contribution is 2.33. The minimum atomic E-state index is -0.0451. The molecule has 0 bridgehead atoms. The second kappa shape index (κ2) is 5.74. The molecule has 1 N–H and O–H groups in total. The second-order valence-corrected chi connectivity index (χ2v) is 5.58. The van der Waals surface area contributed by atoms with E-state index in [4.69, 9.17) is 11.6 Å². The Labute approximate surface area is 116 Å². The zero-order valence-corrected chi connectivity index (χ0v) is 12.0. The number of rotatable bonds is 4. The summed E-state index contributed by atoms with van der Waals surface area (Å²) in [6.07, 6.45) is 0. The van der Waals surface area contributed by atoms with Crippen molar-refractivity contribution in [3.63, 3.8) is 0 Å². The van der Waals surface area contributed by atoms with Gasteiger partial charge in [-0.05, 0) is 30.5 Å². The predicted octanol–water partition coefficient (Wildman–Crippen LogP) is 4.09. The highest BCUT2D eigenvalue weighted by molar-refractivity contribution is 7.10. The van der Waals surface area contributed by atoms with E-state index in [2.05, 4.69) is 29.3 Å². The van der Waals surface area contributed by atoms with Crippen LogP contribution in [0.3, 0.4) is 0 Å². The van der Waals surface area contributed by atoms with Crippen molar-refractivity contribution >= 4 is 28.6 Å². The van der Waals surface area contributed by atoms with Gasteiger partial charge in [0.05, 0.1) is 12.6 Å². The number of thiophene rings is 1. The van der Waals surface area contributed by atoms with Crippen LogP contribution in [-0.4, -0.2) is 12.2 Å². The lowest BCUT2D eigenvalue weighted by atomic mass is 10.1. The number of aliphatic hydroxyl groups is 1. The van der Waals surface area contributed by atoms with Crippen molar-refractivity contribution in [3.8, 4) is 0 Å². The molecular formula is C14H16ClNOS. The molecule has 0 aliphatic heterocycles. The summed E-state index contributed by atoms with van der Waals surface area (Å²) in [6.45, 7) is 2.10. The number of hydrogen-bond acceptors (Lipinski definition) is 3. The van der Waals surface area contributed by atoms with Crippen LogP contribution in [0.1, 0.15) is 23.4 Å². The standard InChI is InChI=1S/C14H16ClNOS/c1-10(14-7-4-8-18-14)16(2)13-6-3-5-12(15)11(13)9-17/h3-8,10,17H,9H2,1-2H3. The number of benzene rings is 1. The first-order valence-corrected chi connectivity index (χ1v) is 7.05. The SMILES string of the molecule is CC(c1cccs1)N(C)c1cccc(Cl)c1CO. The van der Waals surface area contributed by atoms with Crippen molar-refractivity contribution in [2.45, 2.75) is 19.6 Å². The summed E-state index contributed by atoms with van der Waals surface area (Å²) >= 11 is 7.85. The topological polar surface area (TPSA) is 23.5 Å². The lowest BCUT2D eigenvalue weighted by Gasteiger charge is -2.28. The number of halogens is 1. The van der Waals surface area contributed by atoms with E-state index in [0.29, 0.717) is 5.02 Å². The van der Waals surface area contributed by atoms with E-state index in [0.717, 1.165) is 11.3 Å². The smallest absolute Gasteiger partial charge is 0.0716 e. The molecule has 0 saturated heterocycles. The maximum absolute atomic E-state index is 9.45. The van der Waals surface area contributed by atoms with Crippen LogP contribution in [0.5, 0.6) is 0 Å². The Morgan fingerprint density at radius 2 is 2.11 bits per heavy atom. The lowest BCUT2D eigenvalue weighted by molar-refractivity contribution is 0.282. The van der Waals surface area contributed by atoms with E-state index in [1.807, 2.05) is 19.2 Å². The van der Waals surface area contributed by atoms with Gasteiger partial charge in [0.2, 0.25) is 0 Å². The lowest BCUT2D eigenvalue weighted by Crippen LogP contribution is -2.22. The van der Waals surface area contributed by atoms with Crippen LogP contribution in [0.4, 0.5) is 5.69 Å². The number of aliphatic hydroxyl groups excluding tert-OH is 1. The van der Waals surface area contributed by atoms with E-state index in [1.165, 1.54) is 4.88 Å². The van der Waals surface area contributed by atoms with Crippen LogP contribution < -0.4 is 4.90 Å². The Hall–Kier alpha value is -1.03. The summed E-state index contributed by atoms with van der Waals surface area (Å²) < 4.78 is 0. The highest BCUT2D eigenvalue weighted by atomic mass is 35.5. The van der Waals surface area contributed by atoms with E-state index < -0.39 is 0 Å². The Bertz CT molecular complexity index is 513. The molecule has 0 aliphatic carbocycles. The first kappa shape index (κ1) is 13.4. The minimum absolute atomic E-state index is 0.0451. The first-order valence-electron chi connectivity index (χ1n) is 5.79. The van der Waals surface area contributed by atoms with Gasteiger partial charge in [0.25, 0.3) is 0 Å². The summed E-state index contributed by atoms with van der Waals surface area (Å²) in [4.78, 5) is 3.44. The average molecular weight is 282 g/mol.